The van der Waals surface area contributed by atoms with Crippen molar-refractivity contribution in [2.45, 2.75) is 6.18 Å². The van der Waals surface area contributed by atoms with E-state index in [0.717, 1.165) is 23.6 Å². The zero-order valence-electron chi connectivity index (χ0n) is 20.4. The molecule has 1 N–H and O–H groups in total. The standard InChI is InChI=1S/C27H22ClF3N4O4/c28-19-8-7-18(27(29,30)31)15-20(19)32-24(36)16-39-21-4-1-3-17-6-9-23(33-25(17)21)34-10-12-35(13-11-34)26(37)22-5-2-14-38-22/h1-9,14-15H,10-13,16H2,(H,32,36). The first kappa shape index (κ1) is 26.4. The highest BCUT2D eigenvalue weighted by Gasteiger charge is 2.31. The molecule has 1 aliphatic rings. The molecule has 0 aliphatic carbocycles. The molecule has 0 bridgehead atoms. The Balaban J connectivity index is 1.25. The third-order valence-electron chi connectivity index (χ3n) is 6.22. The lowest BCUT2D eigenvalue weighted by molar-refractivity contribution is -0.137. The van der Waals surface area contributed by atoms with Gasteiger partial charge in [0.15, 0.2) is 12.4 Å². The van der Waals surface area contributed by atoms with Crippen LogP contribution in [0.1, 0.15) is 16.1 Å². The highest BCUT2D eigenvalue weighted by molar-refractivity contribution is 6.33. The molecule has 8 nitrogen and oxygen atoms in total. The summed E-state index contributed by atoms with van der Waals surface area (Å²) in [5.74, 6) is 0.483. The number of furan rings is 1. The van der Waals surface area contributed by atoms with E-state index < -0.39 is 24.3 Å². The van der Waals surface area contributed by atoms with Crippen LogP contribution in [0.3, 0.4) is 0 Å². The van der Waals surface area contributed by atoms with Crippen LogP contribution in [0.5, 0.6) is 5.75 Å². The van der Waals surface area contributed by atoms with Gasteiger partial charge in [-0.05, 0) is 48.5 Å². The van der Waals surface area contributed by atoms with Gasteiger partial charge >= 0.3 is 6.18 Å². The molecule has 4 aromatic rings. The molecule has 202 valence electrons. The Kier molecular flexibility index (Phi) is 7.34. The molecule has 1 aliphatic heterocycles. The number of para-hydroxylation sites is 1. The summed E-state index contributed by atoms with van der Waals surface area (Å²) in [5.41, 5.74) is -0.572. The van der Waals surface area contributed by atoms with Crippen LogP contribution in [0.4, 0.5) is 24.7 Å². The minimum Gasteiger partial charge on any atom is -0.481 e. The molecule has 0 unspecified atom stereocenters. The normalized spacial score (nSPS) is 13.9. The molecular weight excluding hydrogens is 537 g/mol. The van der Waals surface area contributed by atoms with Gasteiger partial charge in [0.25, 0.3) is 11.8 Å². The largest absolute Gasteiger partial charge is 0.481 e. The van der Waals surface area contributed by atoms with Gasteiger partial charge in [0, 0.05) is 31.6 Å². The minimum absolute atomic E-state index is 0.0289. The highest BCUT2D eigenvalue weighted by atomic mass is 35.5. The summed E-state index contributed by atoms with van der Waals surface area (Å²) in [6, 6.07) is 15.0. The number of fused-ring (bicyclic) bond motifs is 1. The summed E-state index contributed by atoms with van der Waals surface area (Å²) in [4.78, 5) is 33.5. The summed E-state index contributed by atoms with van der Waals surface area (Å²) in [5, 5.41) is 3.12. The van der Waals surface area contributed by atoms with Crippen LogP contribution < -0.4 is 15.0 Å². The van der Waals surface area contributed by atoms with Crippen molar-refractivity contribution < 1.29 is 31.9 Å². The van der Waals surface area contributed by atoms with E-state index in [1.54, 1.807) is 29.2 Å². The van der Waals surface area contributed by atoms with E-state index in [-0.39, 0.29) is 16.6 Å². The van der Waals surface area contributed by atoms with Gasteiger partial charge in [-0.2, -0.15) is 13.2 Å². The Morgan fingerprint density at radius 3 is 2.54 bits per heavy atom. The fourth-order valence-corrected chi connectivity index (χ4v) is 4.39. The smallest absolute Gasteiger partial charge is 0.416 e. The number of carbonyl (C=O) groups is 2. The Morgan fingerprint density at radius 1 is 1.03 bits per heavy atom. The van der Waals surface area contributed by atoms with E-state index in [4.69, 9.17) is 25.7 Å². The van der Waals surface area contributed by atoms with Crippen molar-refractivity contribution in [2.24, 2.45) is 0 Å². The first-order valence-corrected chi connectivity index (χ1v) is 12.3. The quantitative estimate of drug-likeness (QED) is 0.337. The Bertz CT molecular complexity index is 1500. The van der Waals surface area contributed by atoms with Crippen LogP contribution >= 0.6 is 11.6 Å². The van der Waals surface area contributed by atoms with Crippen molar-refractivity contribution in [3.8, 4) is 5.75 Å². The van der Waals surface area contributed by atoms with Crippen molar-refractivity contribution in [1.29, 1.82) is 0 Å². The van der Waals surface area contributed by atoms with Crippen LogP contribution in [-0.2, 0) is 11.0 Å². The maximum Gasteiger partial charge on any atom is 0.416 e. The number of ether oxygens (including phenoxy) is 1. The Labute approximate surface area is 225 Å². The monoisotopic (exact) mass is 558 g/mol. The molecule has 39 heavy (non-hydrogen) atoms. The Morgan fingerprint density at radius 2 is 1.82 bits per heavy atom. The molecule has 3 heterocycles. The molecule has 0 radical (unpaired) electrons. The summed E-state index contributed by atoms with van der Waals surface area (Å²) in [6.07, 6.45) is -3.11. The summed E-state index contributed by atoms with van der Waals surface area (Å²) < 4.78 is 50.0. The van der Waals surface area contributed by atoms with Crippen LogP contribution in [0, 0.1) is 0 Å². The molecule has 2 aromatic carbocycles. The number of carbonyl (C=O) groups excluding carboxylic acids is 2. The van der Waals surface area contributed by atoms with Crippen LogP contribution in [0.25, 0.3) is 10.9 Å². The second-order valence-electron chi connectivity index (χ2n) is 8.78. The van der Waals surface area contributed by atoms with Gasteiger partial charge in [0.1, 0.15) is 17.1 Å². The van der Waals surface area contributed by atoms with Crippen molar-refractivity contribution in [3.63, 3.8) is 0 Å². The van der Waals surface area contributed by atoms with Gasteiger partial charge in [-0.15, -0.1) is 0 Å². The highest BCUT2D eigenvalue weighted by Crippen LogP contribution is 2.34. The van der Waals surface area contributed by atoms with E-state index in [9.17, 15) is 22.8 Å². The van der Waals surface area contributed by atoms with Gasteiger partial charge in [0.05, 0.1) is 22.5 Å². The third kappa shape index (κ3) is 5.93. The number of alkyl halides is 3. The second kappa shape index (κ2) is 10.9. The molecule has 1 fully saturated rings. The first-order chi connectivity index (χ1) is 18.7. The van der Waals surface area contributed by atoms with Crippen LogP contribution in [0.15, 0.2) is 71.3 Å². The zero-order chi connectivity index (χ0) is 27.6. The topological polar surface area (TPSA) is 87.9 Å². The number of nitrogens with one attached hydrogen (secondary N) is 1. The molecule has 0 atom stereocenters. The fraction of sp³-hybridized carbons (Fsp3) is 0.222. The number of amides is 2. The number of hydrogen-bond acceptors (Lipinski definition) is 6. The predicted molar refractivity (Wildman–Crippen MR) is 139 cm³/mol. The molecule has 2 aromatic heterocycles. The lowest BCUT2D eigenvalue weighted by atomic mass is 10.2. The summed E-state index contributed by atoms with van der Waals surface area (Å²) in [6.45, 7) is 1.65. The molecular formula is C27H22ClF3N4O4. The van der Waals surface area contributed by atoms with Crippen LogP contribution in [0.2, 0.25) is 5.02 Å². The molecule has 0 spiro atoms. The molecule has 0 saturated carbocycles. The van der Waals surface area contributed by atoms with Gasteiger partial charge in [-0.1, -0.05) is 23.7 Å². The number of aromatic nitrogens is 1. The third-order valence-corrected chi connectivity index (χ3v) is 6.55. The average molecular weight is 559 g/mol. The minimum atomic E-state index is -4.57. The molecule has 5 rings (SSSR count). The number of piperazine rings is 1. The number of nitrogens with zero attached hydrogens (tertiary/aromatic N) is 3. The number of halogens is 4. The zero-order valence-corrected chi connectivity index (χ0v) is 21.1. The molecule has 2 amide bonds. The maximum atomic E-state index is 13.0. The van der Waals surface area contributed by atoms with Crippen LogP contribution in [-0.4, -0.2) is 54.5 Å². The predicted octanol–water partition coefficient (Wildman–Crippen LogP) is 5.48. The van der Waals surface area contributed by atoms with E-state index in [1.807, 2.05) is 23.1 Å². The lowest BCUT2D eigenvalue weighted by Crippen LogP contribution is -2.49. The first-order valence-electron chi connectivity index (χ1n) is 12.0. The molecule has 12 heteroatoms. The van der Waals surface area contributed by atoms with Crippen molar-refractivity contribution in [1.82, 2.24) is 9.88 Å². The number of pyridine rings is 1. The lowest BCUT2D eigenvalue weighted by Gasteiger charge is -2.35. The van der Waals surface area contributed by atoms with E-state index >= 15 is 0 Å². The number of benzene rings is 2. The van der Waals surface area contributed by atoms with E-state index in [1.165, 1.54) is 6.26 Å². The Hall–Kier alpha value is -4.25. The number of hydrogen-bond donors (Lipinski definition) is 1. The van der Waals surface area contributed by atoms with Crippen molar-refractivity contribution >= 4 is 45.8 Å². The fourth-order valence-electron chi connectivity index (χ4n) is 4.22. The van der Waals surface area contributed by atoms with Gasteiger partial charge in [-0.25, -0.2) is 4.98 Å². The van der Waals surface area contributed by atoms with E-state index in [0.29, 0.717) is 49.0 Å². The summed E-state index contributed by atoms with van der Waals surface area (Å²) in [7, 11) is 0. The van der Waals surface area contributed by atoms with Gasteiger partial charge in [0.2, 0.25) is 0 Å². The molecule has 1 saturated heterocycles. The second-order valence-corrected chi connectivity index (χ2v) is 9.19. The van der Waals surface area contributed by atoms with Gasteiger partial charge in [-0.3, -0.25) is 9.59 Å². The summed E-state index contributed by atoms with van der Waals surface area (Å²) >= 11 is 5.97. The average Bonchev–Trinajstić information content (AvgIpc) is 3.47. The number of rotatable bonds is 6. The van der Waals surface area contributed by atoms with Gasteiger partial charge < -0.3 is 24.3 Å². The SMILES string of the molecule is O=C(COc1cccc2ccc(N3CCN(C(=O)c4ccco4)CC3)nc12)Nc1cc(C(F)(F)F)ccc1Cl. The van der Waals surface area contributed by atoms with E-state index in [2.05, 4.69) is 5.32 Å². The van der Waals surface area contributed by atoms with Crippen molar-refractivity contribution in [2.75, 3.05) is 43.0 Å². The van der Waals surface area contributed by atoms with Crippen molar-refractivity contribution in [3.05, 3.63) is 83.3 Å². The number of anilines is 2. The maximum absolute atomic E-state index is 13.0.